The number of rotatable bonds is 8. The lowest BCUT2D eigenvalue weighted by Crippen LogP contribution is -2.07. The zero-order valence-electron chi connectivity index (χ0n) is 10.1. The van der Waals surface area contributed by atoms with Gasteiger partial charge in [-0.15, -0.1) is 11.8 Å². The van der Waals surface area contributed by atoms with E-state index in [9.17, 15) is 0 Å². The maximum Gasteiger partial charge on any atom is 0.236 e. The van der Waals surface area contributed by atoms with Gasteiger partial charge in [0, 0.05) is 11.7 Å². The van der Waals surface area contributed by atoms with Crippen LogP contribution in [0.25, 0.3) is 0 Å². The molecule has 1 heterocycles. The Morgan fingerprint density at radius 3 is 3.00 bits per heavy atom. The van der Waals surface area contributed by atoms with Crippen molar-refractivity contribution in [2.75, 3.05) is 6.54 Å². The summed E-state index contributed by atoms with van der Waals surface area (Å²) >= 11 is 1.81. The van der Waals surface area contributed by atoms with E-state index in [0.717, 1.165) is 49.7 Å². The summed E-state index contributed by atoms with van der Waals surface area (Å²) in [5.41, 5.74) is 5.49. The molecule has 1 atom stereocenters. The second-order valence-corrected chi connectivity index (χ2v) is 5.33. The highest BCUT2D eigenvalue weighted by Gasteiger charge is 2.08. The van der Waals surface area contributed by atoms with Crippen LogP contribution in [-0.4, -0.2) is 21.9 Å². The molecule has 2 N–H and O–H groups in total. The van der Waals surface area contributed by atoms with Crippen LogP contribution in [0.1, 0.15) is 44.8 Å². The van der Waals surface area contributed by atoms with Crippen LogP contribution in [0.15, 0.2) is 4.52 Å². The van der Waals surface area contributed by atoms with Crippen LogP contribution in [0.2, 0.25) is 0 Å². The molecule has 0 radical (unpaired) electrons. The molecule has 0 aromatic carbocycles. The predicted octanol–water partition coefficient (Wildman–Crippen LogP) is 2.38. The zero-order valence-corrected chi connectivity index (χ0v) is 10.9. The van der Waals surface area contributed by atoms with Crippen molar-refractivity contribution in [2.24, 2.45) is 5.73 Å². The minimum Gasteiger partial charge on any atom is -0.338 e. The molecule has 0 saturated heterocycles. The van der Waals surface area contributed by atoms with Crippen LogP contribution in [0.5, 0.6) is 0 Å². The van der Waals surface area contributed by atoms with E-state index in [1.165, 1.54) is 0 Å². The Balaban J connectivity index is 2.28. The van der Waals surface area contributed by atoms with Gasteiger partial charge in [-0.25, -0.2) is 0 Å². The summed E-state index contributed by atoms with van der Waals surface area (Å²) in [6.45, 7) is 5.07. The molecule has 0 aliphatic carbocycles. The SMILES string of the molecule is CCCCc1noc(CSC(C)CCN)n1. The van der Waals surface area contributed by atoms with Gasteiger partial charge >= 0.3 is 0 Å². The molecular weight excluding hydrogens is 222 g/mol. The number of aromatic nitrogens is 2. The third kappa shape index (κ3) is 4.99. The number of unbranched alkanes of at least 4 members (excludes halogenated alkanes) is 1. The predicted molar refractivity (Wildman–Crippen MR) is 67.3 cm³/mol. The first-order chi connectivity index (χ1) is 7.76. The Morgan fingerprint density at radius 1 is 1.50 bits per heavy atom. The number of hydrogen-bond donors (Lipinski definition) is 1. The highest BCUT2D eigenvalue weighted by molar-refractivity contribution is 7.99. The topological polar surface area (TPSA) is 64.9 Å². The van der Waals surface area contributed by atoms with Gasteiger partial charge < -0.3 is 10.3 Å². The Kier molecular flexibility index (Phi) is 6.49. The van der Waals surface area contributed by atoms with Crippen LogP contribution >= 0.6 is 11.8 Å². The summed E-state index contributed by atoms with van der Waals surface area (Å²) in [5.74, 6) is 2.37. The van der Waals surface area contributed by atoms with Gasteiger partial charge in [-0.1, -0.05) is 25.4 Å². The first kappa shape index (κ1) is 13.5. The zero-order chi connectivity index (χ0) is 11.8. The fraction of sp³-hybridized carbons (Fsp3) is 0.818. The van der Waals surface area contributed by atoms with E-state index in [1.54, 1.807) is 0 Å². The summed E-state index contributed by atoms with van der Waals surface area (Å²) in [5, 5.41) is 4.51. The van der Waals surface area contributed by atoms with Crippen molar-refractivity contribution in [3.8, 4) is 0 Å². The van der Waals surface area contributed by atoms with E-state index in [0.29, 0.717) is 5.25 Å². The van der Waals surface area contributed by atoms with E-state index in [2.05, 4.69) is 24.0 Å². The normalized spacial score (nSPS) is 12.9. The first-order valence-electron chi connectivity index (χ1n) is 5.89. The van der Waals surface area contributed by atoms with Crippen molar-refractivity contribution >= 4 is 11.8 Å². The van der Waals surface area contributed by atoms with Crippen LogP contribution in [0, 0.1) is 0 Å². The molecule has 0 fully saturated rings. The Hall–Kier alpha value is -0.550. The average molecular weight is 243 g/mol. The number of hydrogen-bond acceptors (Lipinski definition) is 5. The average Bonchev–Trinajstić information content (AvgIpc) is 2.72. The summed E-state index contributed by atoms with van der Waals surface area (Å²) in [6.07, 6.45) is 4.23. The molecule has 0 spiro atoms. The van der Waals surface area contributed by atoms with E-state index in [1.807, 2.05) is 11.8 Å². The molecule has 1 aromatic rings. The monoisotopic (exact) mass is 243 g/mol. The standard InChI is InChI=1S/C11H21N3OS/c1-3-4-5-10-13-11(15-14-10)8-16-9(2)6-7-12/h9H,3-8,12H2,1-2H3. The number of thioether (sulfide) groups is 1. The van der Waals surface area contributed by atoms with Crippen molar-refractivity contribution in [3.63, 3.8) is 0 Å². The maximum atomic E-state index is 5.49. The molecule has 1 aromatic heterocycles. The highest BCUT2D eigenvalue weighted by Crippen LogP contribution is 2.18. The Bertz CT molecular complexity index is 291. The lowest BCUT2D eigenvalue weighted by atomic mass is 10.2. The molecule has 0 bridgehead atoms. The second-order valence-electron chi connectivity index (χ2n) is 3.91. The maximum absolute atomic E-state index is 5.49. The van der Waals surface area contributed by atoms with Crippen molar-refractivity contribution in [3.05, 3.63) is 11.7 Å². The quantitative estimate of drug-likeness (QED) is 0.759. The summed E-state index contributed by atoms with van der Waals surface area (Å²) in [6, 6.07) is 0. The van der Waals surface area contributed by atoms with Crippen molar-refractivity contribution in [2.45, 2.75) is 50.5 Å². The lowest BCUT2D eigenvalue weighted by molar-refractivity contribution is 0.384. The summed E-state index contributed by atoms with van der Waals surface area (Å²) in [7, 11) is 0. The second kappa shape index (κ2) is 7.68. The van der Waals surface area contributed by atoms with Gasteiger partial charge in [-0.05, 0) is 19.4 Å². The third-order valence-corrected chi connectivity index (χ3v) is 3.55. The summed E-state index contributed by atoms with van der Waals surface area (Å²) < 4.78 is 5.18. The molecular formula is C11H21N3OS. The van der Waals surface area contributed by atoms with Gasteiger partial charge in [-0.2, -0.15) is 4.98 Å². The van der Waals surface area contributed by atoms with Crippen molar-refractivity contribution in [1.29, 1.82) is 0 Å². The van der Waals surface area contributed by atoms with Crippen LogP contribution in [0.4, 0.5) is 0 Å². The molecule has 1 rings (SSSR count). The fourth-order valence-corrected chi connectivity index (χ4v) is 2.16. The molecule has 1 unspecified atom stereocenters. The van der Waals surface area contributed by atoms with Gasteiger partial charge in [0.25, 0.3) is 0 Å². The molecule has 0 amide bonds. The van der Waals surface area contributed by atoms with E-state index in [4.69, 9.17) is 10.3 Å². The van der Waals surface area contributed by atoms with Crippen molar-refractivity contribution < 1.29 is 4.52 Å². The van der Waals surface area contributed by atoms with Gasteiger partial charge in [0.15, 0.2) is 5.82 Å². The van der Waals surface area contributed by atoms with E-state index < -0.39 is 0 Å². The summed E-state index contributed by atoms with van der Waals surface area (Å²) in [4.78, 5) is 4.35. The molecule has 16 heavy (non-hydrogen) atoms. The largest absolute Gasteiger partial charge is 0.338 e. The lowest BCUT2D eigenvalue weighted by Gasteiger charge is -2.06. The Morgan fingerprint density at radius 2 is 2.31 bits per heavy atom. The van der Waals surface area contributed by atoms with Crippen LogP contribution in [0.3, 0.4) is 0 Å². The van der Waals surface area contributed by atoms with Crippen LogP contribution in [-0.2, 0) is 12.2 Å². The smallest absolute Gasteiger partial charge is 0.236 e. The minimum atomic E-state index is 0.552. The van der Waals surface area contributed by atoms with Gasteiger partial charge in [0.2, 0.25) is 5.89 Å². The molecule has 0 aliphatic heterocycles. The molecule has 0 aliphatic rings. The van der Waals surface area contributed by atoms with Gasteiger partial charge in [0.05, 0.1) is 5.75 Å². The van der Waals surface area contributed by atoms with Crippen molar-refractivity contribution in [1.82, 2.24) is 10.1 Å². The number of nitrogens with two attached hydrogens (primary N) is 1. The van der Waals surface area contributed by atoms with Gasteiger partial charge in [0.1, 0.15) is 0 Å². The first-order valence-corrected chi connectivity index (χ1v) is 6.94. The highest BCUT2D eigenvalue weighted by atomic mass is 32.2. The van der Waals surface area contributed by atoms with Gasteiger partial charge in [-0.3, -0.25) is 0 Å². The van der Waals surface area contributed by atoms with E-state index in [-0.39, 0.29) is 0 Å². The molecule has 5 heteroatoms. The number of nitrogens with zero attached hydrogens (tertiary/aromatic N) is 2. The number of aryl methyl sites for hydroxylation is 1. The Labute approximate surface area is 101 Å². The molecule has 92 valence electrons. The molecule has 0 saturated carbocycles. The minimum absolute atomic E-state index is 0.552. The van der Waals surface area contributed by atoms with Crippen LogP contribution < -0.4 is 5.73 Å². The van der Waals surface area contributed by atoms with E-state index >= 15 is 0 Å². The fourth-order valence-electron chi connectivity index (χ4n) is 1.32. The third-order valence-electron chi connectivity index (χ3n) is 2.33. The molecule has 4 nitrogen and oxygen atoms in total.